The number of hydrogen-bond acceptors (Lipinski definition) is 3. The van der Waals surface area contributed by atoms with Gasteiger partial charge in [0, 0.05) is 47.8 Å². The first-order valence-electron chi connectivity index (χ1n) is 11.5. The molecule has 1 aliphatic carbocycles. The van der Waals surface area contributed by atoms with Crippen molar-refractivity contribution in [3.63, 3.8) is 0 Å². The number of nitrogens with one attached hydrogen (secondary N) is 1. The Morgan fingerprint density at radius 2 is 1.81 bits per heavy atom. The summed E-state index contributed by atoms with van der Waals surface area (Å²) < 4.78 is 6.15. The molecule has 1 N–H and O–H groups in total. The van der Waals surface area contributed by atoms with E-state index in [0.29, 0.717) is 25.1 Å². The van der Waals surface area contributed by atoms with Gasteiger partial charge in [-0.25, -0.2) is 0 Å². The first-order valence-corrected chi connectivity index (χ1v) is 11.5. The Morgan fingerprint density at radius 1 is 1.03 bits per heavy atom. The van der Waals surface area contributed by atoms with Crippen LogP contribution in [0.3, 0.4) is 0 Å². The molecule has 5 heteroatoms. The van der Waals surface area contributed by atoms with E-state index in [4.69, 9.17) is 4.42 Å². The lowest BCUT2D eigenvalue weighted by Gasteiger charge is -2.26. The van der Waals surface area contributed by atoms with E-state index in [1.807, 2.05) is 66.4 Å². The van der Waals surface area contributed by atoms with E-state index in [1.54, 1.807) is 0 Å². The molecule has 2 amide bonds. The van der Waals surface area contributed by atoms with Gasteiger partial charge in [0.1, 0.15) is 11.5 Å². The van der Waals surface area contributed by atoms with Crippen LogP contribution in [-0.4, -0.2) is 23.3 Å². The average molecular weight is 429 g/mol. The summed E-state index contributed by atoms with van der Waals surface area (Å²) in [4.78, 5) is 27.3. The van der Waals surface area contributed by atoms with Crippen molar-refractivity contribution in [2.24, 2.45) is 5.92 Å². The normalized spacial score (nSPS) is 16.1. The first kappa shape index (κ1) is 20.6. The monoisotopic (exact) mass is 428 g/mol. The summed E-state index contributed by atoms with van der Waals surface area (Å²) in [6, 6.07) is 17.6. The smallest absolute Gasteiger partial charge is 0.254 e. The van der Waals surface area contributed by atoms with Gasteiger partial charge in [0.25, 0.3) is 5.91 Å². The number of rotatable bonds is 4. The van der Waals surface area contributed by atoms with Crippen molar-refractivity contribution in [1.82, 2.24) is 4.90 Å². The van der Waals surface area contributed by atoms with Crippen LogP contribution in [-0.2, 0) is 17.8 Å². The molecule has 1 aliphatic heterocycles. The second-order valence-electron chi connectivity index (χ2n) is 8.95. The van der Waals surface area contributed by atoms with Gasteiger partial charge < -0.3 is 14.6 Å². The third-order valence-corrected chi connectivity index (χ3v) is 6.59. The van der Waals surface area contributed by atoms with E-state index in [-0.39, 0.29) is 17.7 Å². The zero-order valence-electron chi connectivity index (χ0n) is 18.4. The minimum absolute atomic E-state index is 0.0509. The lowest BCUT2D eigenvalue weighted by atomic mass is 10.1. The summed E-state index contributed by atoms with van der Waals surface area (Å²) in [5.74, 6) is 2.01. The maximum Gasteiger partial charge on any atom is 0.254 e. The number of amides is 2. The fraction of sp³-hybridized carbons (Fsp3) is 0.333. The molecule has 3 aromatic rings. The molecule has 0 spiro atoms. The van der Waals surface area contributed by atoms with Gasteiger partial charge in [0.05, 0.1) is 0 Å². The third-order valence-electron chi connectivity index (χ3n) is 6.59. The Labute approximate surface area is 188 Å². The fourth-order valence-corrected chi connectivity index (χ4v) is 4.71. The van der Waals surface area contributed by atoms with Gasteiger partial charge in [-0.1, -0.05) is 42.7 Å². The van der Waals surface area contributed by atoms with Crippen LogP contribution < -0.4 is 5.32 Å². The van der Waals surface area contributed by atoms with Crippen LogP contribution in [0.15, 0.2) is 59.0 Å². The van der Waals surface area contributed by atoms with Crippen molar-refractivity contribution in [1.29, 1.82) is 0 Å². The van der Waals surface area contributed by atoms with Crippen LogP contribution in [0.5, 0.6) is 0 Å². The standard InChI is InChI=1S/C27H28N2O3/c1-18-9-11-20(12-10-18)27(31)29-14-13-24-22(17-29)16-25(32-24)21-7-4-8-23(15-21)28-26(30)19-5-2-3-6-19/h4,7-12,15-16,19H,2-3,5-6,13-14,17H2,1H3,(H,28,30). The van der Waals surface area contributed by atoms with Crippen LogP contribution in [0.2, 0.25) is 0 Å². The van der Waals surface area contributed by atoms with Crippen molar-refractivity contribution in [2.45, 2.75) is 45.6 Å². The van der Waals surface area contributed by atoms with E-state index in [0.717, 1.165) is 59.6 Å². The number of fused-ring (bicyclic) bond motifs is 1. The molecule has 1 aromatic heterocycles. The number of carbonyl (C=O) groups is 2. The molecule has 2 aliphatic rings. The number of benzene rings is 2. The first-order chi connectivity index (χ1) is 15.6. The van der Waals surface area contributed by atoms with Crippen LogP contribution >= 0.6 is 0 Å². The molecular weight excluding hydrogens is 400 g/mol. The molecule has 1 saturated carbocycles. The molecule has 0 atom stereocenters. The second-order valence-corrected chi connectivity index (χ2v) is 8.95. The summed E-state index contributed by atoms with van der Waals surface area (Å²) >= 11 is 0. The number of nitrogens with zero attached hydrogens (tertiary/aromatic N) is 1. The largest absolute Gasteiger partial charge is 0.461 e. The van der Waals surface area contributed by atoms with E-state index in [9.17, 15) is 9.59 Å². The lowest BCUT2D eigenvalue weighted by molar-refractivity contribution is -0.119. The highest BCUT2D eigenvalue weighted by Crippen LogP contribution is 2.32. The van der Waals surface area contributed by atoms with E-state index < -0.39 is 0 Å². The Hall–Kier alpha value is -3.34. The van der Waals surface area contributed by atoms with Gasteiger partial charge in [-0.05, 0) is 50.1 Å². The summed E-state index contributed by atoms with van der Waals surface area (Å²) in [6.45, 7) is 3.21. The maximum atomic E-state index is 12.9. The number of carbonyl (C=O) groups excluding carboxylic acids is 2. The third kappa shape index (κ3) is 4.20. The molecule has 32 heavy (non-hydrogen) atoms. The average Bonchev–Trinajstić information content (AvgIpc) is 3.49. The molecule has 0 radical (unpaired) electrons. The van der Waals surface area contributed by atoms with Gasteiger partial charge in [0.2, 0.25) is 5.91 Å². The molecule has 5 nitrogen and oxygen atoms in total. The maximum absolute atomic E-state index is 12.9. The summed E-state index contributed by atoms with van der Waals surface area (Å²) in [6.07, 6.45) is 4.94. The van der Waals surface area contributed by atoms with Crippen LogP contribution in [0.1, 0.15) is 52.9 Å². The lowest BCUT2D eigenvalue weighted by Crippen LogP contribution is -2.35. The van der Waals surface area contributed by atoms with Crippen LogP contribution in [0.25, 0.3) is 11.3 Å². The zero-order valence-corrected chi connectivity index (χ0v) is 18.4. The number of furan rings is 1. The Balaban J connectivity index is 1.31. The molecule has 2 heterocycles. The van der Waals surface area contributed by atoms with Gasteiger partial charge in [-0.3, -0.25) is 9.59 Å². The van der Waals surface area contributed by atoms with E-state index in [2.05, 4.69) is 5.32 Å². The highest BCUT2D eigenvalue weighted by Gasteiger charge is 2.26. The van der Waals surface area contributed by atoms with Gasteiger partial charge >= 0.3 is 0 Å². The van der Waals surface area contributed by atoms with Crippen LogP contribution in [0.4, 0.5) is 5.69 Å². The van der Waals surface area contributed by atoms with Gasteiger partial charge in [-0.15, -0.1) is 0 Å². The predicted octanol–water partition coefficient (Wildman–Crippen LogP) is 5.58. The Morgan fingerprint density at radius 3 is 2.59 bits per heavy atom. The van der Waals surface area contributed by atoms with E-state index in [1.165, 1.54) is 0 Å². The Bertz CT molecular complexity index is 1140. The van der Waals surface area contributed by atoms with Crippen molar-refractivity contribution in [3.05, 3.63) is 77.0 Å². The number of hydrogen-bond donors (Lipinski definition) is 1. The summed E-state index contributed by atoms with van der Waals surface area (Å²) in [5.41, 5.74) is 4.63. The number of aryl methyl sites for hydroxylation is 1. The SMILES string of the molecule is Cc1ccc(C(=O)N2CCc3oc(-c4cccc(NC(=O)C5CCCC5)c4)cc3C2)cc1. The Kier molecular flexibility index (Phi) is 5.56. The fourth-order valence-electron chi connectivity index (χ4n) is 4.71. The van der Waals surface area contributed by atoms with E-state index >= 15 is 0 Å². The molecule has 0 bridgehead atoms. The molecular formula is C27H28N2O3. The number of anilines is 1. The van der Waals surface area contributed by atoms with Crippen molar-refractivity contribution < 1.29 is 14.0 Å². The summed E-state index contributed by atoms with van der Waals surface area (Å²) in [5, 5.41) is 3.07. The highest BCUT2D eigenvalue weighted by atomic mass is 16.3. The summed E-state index contributed by atoms with van der Waals surface area (Å²) in [7, 11) is 0. The predicted molar refractivity (Wildman–Crippen MR) is 124 cm³/mol. The minimum atomic E-state index is 0.0509. The molecule has 2 aromatic carbocycles. The molecule has 0 saturated heterocycles. The second kappa shape index (κ2) is 8.65. The van der Waals surface area contributed by atoms with Crippen molar-refractivity contribution in [2.75, 3.05) is 11.9 Å². The topological polar surface area (TPSA) is 62.6 Å². The van der Waals surface area contributed by atoms with Gasteiger partial charge in [-0.2, -0.15) is 0 Å². The minimum Gasteiger partial charge on any atom is -0.461 e. The van der Waals surface area contributed by atoms with Gasteiger partial charge in [0.15, 0.2) is 0 Å². The highest BCUT2D eigenvalue weighted by molar-refractivity contribution is 5.94. The van der Waals surface area contributed by atoms with Crippen LogP contribution in [0, 0.1) is 12.8 Å². The zero-order chi connectivity index (χ0) is 22.1. The molecule has 164 valence electrons. The van der Waals surface area contributed by atoms with Crippen molar-refractivity contribution in [3.8, 4) is 11.3 Å². The quantitative estimate of drug-likeness (QED) is 0.590. The molecule has 1 fully saturated rings. The van der Waals surface area contributed by atoms with Crippen molar-refractivity contribution >= 4 is 17.5 Å². The molecule has 0 unspecified atom stereocenters. The molecule has 5 rings (SSSR count).